The van der Waals surface area contributed by atoms with Gasteiger partial charge in [-0.3, -0.25) is 14.1 Å². The van der Waals surface area contributed by atoms with Gasteiger partial charge in [0.15, 0.2) is 0 Å². The van der Waals surface area contributed by atoms with Crippen molar-refractivity contribution in [3.05, 3.63) is 63.5 Å². The summed E-state index contributed by atoms with van der Waals surface area (Å²) >= 11 is 0. The Morgan fingerprint density at radius 1 is 1.29 bits per heavy atom. The molecule has 3 aromatic rings. The molecule has 24 heavy (non-hydrogen) atoms. The molecule has 1 atom stereocenters. The number of pyridine rings is 1. The molecule has 1 saturated heterocycles. The first-order chi connectivity index (χ1) is 11.6. The van der Waals surface area contributed by atoms with Crippen LogP contribution in [0.2, 0.25) is 0 Å². The maximum atomic E-state index is 12.4. The summed E-state index contributed by atoms with van der Waals surface area (Å²) in [6, 6.07) is 7.73. The van der Waals surface area contributed by atoms with Crippen molar-refractivity contribution >= 4 is 5.65 Å². The molecule has 124 valence electrons. The largest absolute Gasteiger partial charge is 0.361 e. The number of hydrogen-bond donors (Lipinski definition) is 0. The van der Waals surface area contributed by atoms with E-state index < -0.39 is 0 Å². The minimum Gasteiger partial charge on any atom is -0.361 e. The zero-order chi connectivity index (χ0) is 16.7. The predicted octanol–water partition coefficient (Wildman–Crippen LogP) is 2.64. The Hall–Kier alpha value is -2.47. The maximum absolute atomic E-state index is 12.4. The van der Waals surface area contributed by atoms with Crippen LogP contribution in [-0.2, 0) is 6.54 Å². The zero-order valence-electron chi connectivity index (χ0n) is 13.9. The Labute approximate surface area is 139 Å². The highest BCUT2D eigenvalue weighted by Gasteiger charge is 2.28. The maximum Gasteiger partial charge on any atom is 0.258 e. The fourth-order valence-electron chi connectivity index (χ4n) is 3.44. The monoisotopic (exact) mass is 324 g/mol. The average molecular weight is 324 g/mol. The Morgan fingerprint density at radius 2 is 2.17 bits per heavy atom. The molecule has 0 saturated carbocycles. The van der Waals surface area contributed by atoms with E-state index >= 15 is 0 Å². The van der Waals surface area contributed by atoms with E-state index in [9.17, 15) is 4.79 Å². The number of aromatic nitrogens is 3. The van der Waals surface area contributed by atoms with E-state index in [2.05, 4.69) is 15.0 Å². The summed E-state index contributed by atoms with van der Waals surface area (Å²) in [5.74, 6) is 0.828. The fraction of sp³-hybridized carbons (Fsp3) is 0.389. The second-order valence-electron chi connectivity index (χ2n) is 6.51. The van der Waals surface area contributed by atoms with Gasteiger partial charge in [0.05, 0.1) is 11.7 Å². The van der Waals surface area contributed by atoms with Crippen LogP contribution >= 0.6 is 0 Å². The molecule has 1 aliphatic rings. The highest BCUT2D eigenvalue weighted by atomic mass is 16.5. The lowest BCUT2D eigenvalue weighted by Gasteiger charge is -2.22. The molecule has 0 aliphatic carbocycles. The lowest BCUT2D eigenvalue weighted by molar-refractivity contribution is 0.234. The van der Waals surface area contributed by atoms with E-state index in [1.165, 1.54) is 0 Å². The third-order valence-electron chi connectivity index (χ3n) is 4.58. The van der Waals surface area contributed by atoms with Gasteiger partial charge in [0.1, 0.15) is 17.1 Å². The van der Waals surface area contributed by atoms with Crippen LogP contribution in [0.15, 0.2) is 39.8 Å². The van der Waals surface area contributed by atoms with Crippen molar-refractivity contribution in [2.24, 2.45) is 0 Å². The number of rotatable bonds is 3. The van der Waals surface area contributed by atoms with E-state index in [0.717, 1.165) is 42.1 Å². The van der Waals surface area contributed by atoms with Crippen molar-refractivity contribution in [1.82, 2.24) is 19.4 Å². The second kappa shape index (κ2) is 5.87. The van der Waals surface area contributed by atoms with Gasteiger partial charge in [0, 0.05) is 24.9 Å². The number of fused-ring (bicyclic) bond motifs is 1. The van der Waals surface area contributed by atoms with Crippen molar-refractivity contribution in [2.75, 3.05) is 6.54 Å². The third kappa shape index (κ3) is 2.73. The molecule has 1 fully saturated rings. The molecule has 0 N–H and O–H groups in total. The van der Waals surface area contributed by atoms with Crippen LogP contribution in [0.5, 0.6) is 0 Å². The van der Waals surface area contributed by atoms with E-state index in [0.29, 0.717) is 12.2 Å². The summed E-state index contributed by atoms with van der Waals surface area (Å²) < 4.78 is 6.82. The topological polar surface area (TPSA) is 63.6 Å². The van der Waals surface area contributed by atoms with Gasteiger partial charge < -0.3 is 4.52 Å². The molecule has 1 aliphatic heterocycles. The molecule has 0 bridgehead atoms. The Bertz CT molecular complexity index is 944. The van der Waals surface area contributed by atoms with E-state index in [4.69, 9.17) is 4.52 Å². The van der Waals surface area contributed by atoms with Crippen LogP contribution < -0.4 is 5.56 Å². The van der Waals surface area contributed by atoms with Crippen molar-refractivity contribution in [3.8, 4) is 0 Å². The molecule has 6 nitrogen and oxygen atoms in total. The van der Waals surface area contributed by atoms with Crippen LogP contribution in [0.25, 0.3) is 5.65 Å². The number of nitrogens with zero attached hydrogens (tertiary/aromatic N) is 4. The first-order valence-electron chi connectivity index (χ1n) is 8.26. The summed E-state index contributed by atoms with van der Waals surface area (Å²) in [6.45, 7) is 5.50. The van der Waals surface area contributed by atoms with Gasteiger partial charge in [-0.2, -0.15) is 0 Å². The lowest BCUT2D eigenvalue weighted by Crippen LogP contribution is -2.25. The molecule has 0 aromatic carbocycles. The summed E-state index contributed by atoms with van der Waals surface area (Å²) in [5, 5.41) is 4.16. The van der Waals surface area contributed by atoms with Gasteiger partial charge in [0.25, 0.3) is 5.56 Å². The van der Waals surface area contributed by atoms with Crippen LogP contribution in [0.1, 0.15) is 41.6 Å². The van der Waals surface area contributed by atoms with Crippen LogP contribution in [-0.4, -0.2) is 26.0 Å². The van der Waals surface area contributed by atoms with Crippen LogP contribution in [0, 0.1) is 13.8 Å². The van der Waals surface area contributed by atoms with Crippen molar-refractivity contribution in [2.45, 2.75) is 39.3 Å². The molecule has 3 aromatic heterocycles. The molecule has 6 heteroatoms. The standard InChI is InChI=1S/C18H20N4O2/c1-12-5-6-17-19-14(9-18(23)22(17)10-12)11-21-7-3-4-16(21)15-8-13(2)24-20-15/h5-6,8-10,16H,3-4,7,11H2,1-2H3/t16-/m0/s1. The van der Waals surface area contributed by atoms with E-state index in [-0.39, 0.29) is 11.6 Å². The lowest BCUT2D eigenvalue weighted by atomic mass is 10.1. The Balaban J connectivity index is 1.64. The highest BCUT2D eigenvalue weighted by molar-refractivity contribution is 5.40. The smallest absolute Gasteiger partial charge is 0.258 e. The van der Waals surface area contributed by atoms with Gasteiger partial charge >= 0.3 is 0 Å². The Morgan fingerprint density at radius 3 is 2.96 bits per heavy atom. The predicted molar refractivity (Wildman–Crippen MR) is 89.8 cm³/mol. The molecule has 0 spiro atoms. The molecule has 4 rings (SSSR count). The van der Waals surface area contributed by atoms with E-state index in [1.807, 2.05) is 38.2 Å². The Kier molecular flexibility index (Phi) is 3.69. The highest BCUT2D eigenvalue weighted by Crippen LogP contribution is 2.32. The molecular weight excluding hydrogens is 304 g/mol. The molecule has 4 heterocycles. The van der Waals surface area contributed by atoms with Gasteiger partial charge in [-0.15, -0.1) is 0 Å². The quantitative estimate of drug-likeness (QED) is 0.741. The van der Waals surface area contributed by atoms with Crippen molar-refractivity contribution in [1.29, 1.82) is 0 Å². The van der Waals surface area contributed by atoms with Crippen LogP contribution in [0.4, 0.5) is 0 Å². The minimum absolute atomic E-state index is 0.0354. The number of hydrogen-bond acceptors (Lipinski definition) is 5. The second-order valence-corrected chi connectivity index (χ2v) is 6.51. The van der Waals surface area contributed by atoms with Crippen molar-refractivity contribution < 1.29 is 4.52 Å². The first kappa shape index (κ1) is 15.1. The summed E-state index contributed by atoms with van der Waals surface area (Å²) in [6.07, 6.45) is 3.99. The van der Waals surface area contributed by atoms with Gasteiger partial charge in [0.2, 0.25) is 0 Å². The van der Waals surface area contributed by atoms with Gasteiger partial charge in [-0.1, -0.05) is 11.2 Å². The molecule has 0 amide bonds. The average Bonchev–Trinajstić information content (AvgIpc) is 3.17. The van der Waals surface area contributed by atoms with Gasteiger partial charge in [-0.25, -0.2) is 4.98 Å². The van der Waals surface area contributed by atoms with Crippen LogP contribution in [0.3, 0.4) is 0 Å². The summed E-state index contributed by atoms with van der Waals surface area (Å²) in [5.41, 5.74) is 3.47. The fourth-order valence-corrected chi connectivity index (χ4v) is 3.44. The van der Waals surface area contributed by atoms with Crippen molar-refractivity contribution in [3.63, 3.8) is 0 Å². The minimum atomic E-state index is -0.0354. The molecule has 0 unspecified atom stereocenters. The third-order valence-corrected chi connectivity index (χ3v) is 4.58. The van der Waals surface area contributed by atoms with Gasteiger partial charge in [-0.05, 0) is 44.9 Å². The SMILES string of the molecule is Cc1ccc2nc(CN3CCC[C@H]3c3cc(C)on3)cc(=O)n2c1. The summed E-state index contributed by atoms with van der Waals surface area (Å²) in [4.78, 5) is 19.3. The number of likely N-dealkylation sites (tertiary alicyclic amines) is 1. The van der Waals surface area contributed by atoms with E-state index in [1.54, 1.807) is 10.5 Å². The summed E-state index contributed by atoms with van der Waals surface area (Å²) in [7, 11) is 0. The normalized spacial score (nSPS) is 18.5. The number of aryl methyl sites for hydroxylation is 2. The molecule has 0 radical (unpaired) electrons. The molecular formula is C18H20N4O2. The first-order valence-corrected chi connectivity index (χ1v) is 8.26. The zero-order valence-corrected chi connectivity index (χ0v) is 13.9.